The average molecular weight is 268 g/mol. The molecule has 0 bridgehead atoms. The molecule has 0 saturated heterocycles. The molecular weight excluding hydrogens is 242 g/mol. The maximum atomic E-state index is 6.17. The van der Waals surface area contributed by atoms with E-state index in [0.717, 1.165) is 25.9 Å². The van der Waals surface area contributed by atoms with Crippen molar-refractivity contribution in [1.29, 1.82) is 0 Å². The third-order valence-electron chi connectivity index (χ3n) is 3.12. The summed E-state index contributed by atoms with van der Waals surface area (Å²) in [4.78, 5) is 0. The zero-order chi connectivity index (χ0) is 13.6. The van der Waals surface area contributed by atoms with Crippen LogP contribution in [0.15, 0.2) is 24.3 Å². The van der Waals surface area contributed by atoms with Gasteiger partial charge in [0.2, 0.25) is 0 Å². The average Bonchev–Trinajstić information content (AvgIpc) is 2.29. The van der Waals surface area contributed by atoms with E-state index in [1.165, 1.54) is 11.1 Å². The summed E-state index contributed by atoms with van der Waals surface area (Å²) in [5.74, 6) is 0. The van der Waals surface area contributed by atoms with Crippen LogP contribution in [0.1, 0.15) is 51.7 Å². The second-order valence-electron chi connectivity index (χ2n) is 5.96. The van der Waals surface area contributed by atoms with Crippen LogP contribution in [0, 0.1) is 0 Å². The topological polar surface area (TPSA) is 12.0 Å². The Labute approximate surface area is 117 Å². The Bertz CT molecular complexity index is 337. The van der Waals surface area contributed by atoms with Crippen molar-refractivity contribution in [3.05, 3.63) is 35.4 Å². The lowest BCUT2D eigenvalue weighted by Gasteiger charge is -2.19. The fourth-order valence-electron chi connectivity index (χ4n) is 1.91. The van der Waals surface area contributed by atoms with Crippen LogP contribution in [0.25, 0.3) is 0 Å². The number of alkyl halides is 1. The van der Waals surface area contributed by atoms with Gasteiger partial charge in [-0.1, -0.05) is 58.4 Å². The molecule has 0 saturated carbocycles. The second-order valence-corrected chi connectivity index (χ2v) is 6.58. The third-order valence-corrected chi connectivity index (χ3v) is 3.49. The summed E-state index contributed by atoms with van der Waals surface area (Å²) in [5.41, 5.74) is 2.93. The molecular formula is C16H26ClN. The van der Waals surface area contributed by atoms with E-state index >= 15 is 0 Å². The molecule has 0 spiro atoms. The van der Waals surface area contributed by atoms with Gasteiger partial charge in [-0.25, -0.2) is 0 Å². The quantitative estimate of drug-likeness (QED) is 0.750. The van der Waals surface area contributed by atoms with E-state index in [9.17, 15) is 0 Å². The summed E-state index contributed by atoms with van der Waals surface area (Å²) >= 11 is 6.17. The monoisotopic (exact) mass is 267 g/mol. The van der Waals surface area contributed by atoms with Gasteiger partial charge in [-0.15, -0.1) is 11.6 Å². The van der Waals surface area contributed by atoms with Gasteiger partial charge in [0.15, 0.2) is 0 Å². The molecule has 1 aromatic carbocycles. The molecule has 0 aliphatic rings. The molecule has 18 heavy (non-hydrogen) atoms. The van der Waals surface area contributed by atoms with Crippen LogP contribution < -0.4 is 5.32 Å². The van der Waals surface area contributed by atoms with E-state index in [1.54, 1.807) is 0 Å². The summed E-state index contributed by atoms with van der Waals surface area (Å²) < 4.78 is 0. The largest absolute Gasteiger partial charge is 0.311 e. The molecule has 0 fully saturated rings. The van der Waals surface area contributed by atoms with E-state index < -0.39 is 0 Å². The van der Waals surface area contributed by atoms with Crippen LogP contribution in [0.3, 0.4) is 0 Å². The highest BCUT2D eigenvalue weighted by molar-refractivity contribution is 6.20. The van der Waals surface area contributed by atoms with Gasteiger partial charge in [-0.3, -0.25) is 0 Å². The normalized spacial score (nSPS) is 13.6. The van der Waals surface area contributed by atoms with Crippen molar-refractivity contribution < 1.29 is 0 Å². The SMILES string of the molecule is CCCC(Cl)CNCc1ccc(C(C)(C)C)cc1. The maximum absolute atomic E-state index is 6.17. The Morgan fingerprint density at radius 2 is 1.78 bits per heavy atom. The lowest BCUT2D eigenvalue weighted by molar-refractivity contribution is 0.589. The number of halogens is 1. The van der Waals surface area contributed by atoms with Gasteiger partial charge in [0.1, 0.15) is 0 Å². The summed E-state index contributed by atoms with van der Waals surface area (Å²) in [7, 11) is 0. The van der Waals surface area contributed by atoms with Crippen molar-refractivity contribution in [2.45, 2.75) is 57.9 Å². The molecule has 1 N–H and O–H groups in total. The molecule has 0 aliphatic carbocycles. The Hall–Kier alpha value is -0.530. The van der Waals surface area contributed by atoms with Crippen molar-refractivity contribution in [2.24, 2.45) is 0 Å². The number of hydrogen-bond donors (Lipinski definition) is 1. The molecule has 0 radical (unpaired) electrons. The van der Waals surface area contributed by atoms with E-state index in [4.69, 9.17) is 11.6 Å². The van der Waals surface area contributed by atoms with Crippen LogP contribution in [0.4, 0.5) is 0 Å². The van der Waals surface area contributed by atoms with Gasteiger partial charge >= 0.3 is 0 Å². The zero-order valence-electron chi connectivity index (χ0n) is 12.1. The van der Waals surface area contributed by atoms with Gasteiger partial charge < -0.3 is 5.32 Å². The van der Waals surface area contributed by atoms with Crippen LogP contribution in [-0.2, 0) is 12.0 Å². The van der Waals surface area contributed by atoms with Crippen molar-refractivity contribution in [3.63, 3.8) is 0 Å². The first-order chi connectivity index (χ1) is 8.43. The Balaban J connectivity index is 2.40. The molecule has 1 aromatic rings. The van der Waals surface area contributed by atoms with Crippen molar-refractivity contribution in [1.82, 2.24) is 5.32 Å². The molecule has 1 atom stereocenters. The first-order valence-electron chi connectivity index (χ1n) is 6.87. The minimum Gasteiger partial charge on any atom is -0.311 e. The van der Waals surface area contributed by atoms with Crippen LogP contribution >= 0.6 is 11.6 Å². The maximum Gasteiger partial charge on any atom is 0.0460 e. The fourth-order valence-corrected chi connectivity index (χ4v) is 2.24. The van der Waals surface area contributed by atoms with Crippen molar-refractivity contribution in [2.75, 3.05) is 6.54 Å². The number of hydrogen-bond acceptors (Lipinski definition) is 1. The molecule has 2 heteroatoms. The molecule has 0 aromatic heterocycles. The first-order valence-corrected chi connectivity index (χ1v) is 7.31. The number of benzene rings is 1. The Kier molecular flexibility index (Phi) is 6.17. The Morgan fingerprint density at radius 3 is 2.28 bits per heavy atom. The second kappa shape index (κ2) is 7.16. The highest BCUT2D eigenvalue weighted by atomic mass is 35.5. The first kappa shape index (κ1) is 15.5. The van der Waals surface area contributed by atoms with E-state index in [1.807, 2.05) is 0 Å². The van der Waals surface area contributed by atoms with Gasteiger partial charge in [-0.05, 0) is 23.0 Å². The molecule has 1 nitrogen and oxygen atoms in total. The molecule has 0 heterocycles. The molecule has 0 aliphatic heterocycles. The predicted molar refractivity (Wildman–Crippen MR) is 81.4 cm³/mol. The van der Waals surface area contributed by atoms with E-state index in [2.05, 4.69) is 57.3 Å². The lowest BCUT2D eigenvalue weighted by Crippen LogP contribution is -2.22. The van der Waals surface area contributed by atoms with Crippen molar-refractivity contribution in [3.8, 4) is 0 Å². The molecule has 0 amide bonds. The highest BCUT2D eigenvalue weighted by Gasteiger charge is 2.12. The standard InChI is InChI=1S/C16H26ClN/c1-5-6-15(17)12-18-11-13-7-9-14(10-8-13)16(2,3)4/h7-10,15,18H,5-6,11-12H2,1-4H3. The minimum absolute atomic E-state index is 0.230. The number of nitrogens with one attached hydrogen (secondary N) is 1. The Morgan fingerprint density at radius 1 is 1.17 bits per heavy atom. The lowest BCUT2D eigenvalue weighted by atomic mass is 9.87. The summed E-state index contributed by atoms with van der Waals surface area (Å²) in [6, 6.07) is 8.86. The highest BCUT2D eigenvalue weighted by Crippen LogP contribution is 2.22. The molecule has 1 rings (SSSR count). The van der Waals surface area contributed by atoms with Crippen LogP contribution in [0.5, 0.6) is 0 Å². The van der Waals surface area contributed by atoms with Gasteiger partial charge in [0.25, 0.3) is 0 Å². The summed E-state index contributed by atoms with van der Waals surface area (Å²) in [5, 5.41) is 3.67. The smallest absolute Gasteiger partial charge is 0.0460 e. The summed E-state index contributed by atoms with van der Waals surface area (Å²) in [6.07, 6.45) is 2.23. The fraction of sp³-hybridized carbons (Fsp3) is 0.625. The predicted octanol–water partition coefficient (Wildman–Crippen LogP) is 4.48. The minimum atomic E-state index is 0.230. The van der Waals surface area contributed by atoms with Gasteiger partial charge in [0.05, 0.1) is 0 Å². The van der Waals surface area contributed by atoms with Gasteiger partial charge in [0, 0.05) is 18.5 Å². The van der Waals surface area contributed by atoms with Crippen LogP contribution in [0.2, 0.25) is 0 Å². The zero-order valence-corrected chi connectivity index (χ0v) is 12.8. The third kappa shape index (κ3) is 5.41. The summed E-state index contributed by atoms with van der Waals surface area (Å²) in [6.45, 7) is 10.7. The van der Waals surface area contributed by atoms with E-state index in [0.29, 0.717) is 0 Å². The van der Waals surface area contributed by atoms with Gasteiger partial charge in [-0.2, -0.15) is 0 Å². The van der Waals surface area contributed by atoms with Crippen LogP contribution in [-0.4, -0.2) is 11.9 Å². The number of rotatable bonds is 6. The van der Waals surface area contributed by atoms with E-state index in [-0.39, 0.29) is 10.8 Å². The molecule has 1 unspecified atom stereocenters. The van der Waals surface area contributed by atoms with Crippen molar-refractivity contribution >= 4 is 11.6 Å². The molecule has 102 valence electrons.